The summed E-state index contributed by atoms with van der Waals surface area (Å²) in [6.45, 7) is 0.696. The molecule has 0 aliphatic rings. The topological polar surface area (TPSA) is 156 Å². The van der Waals surface area contributed by atoms with E-state index in [1.807, 2.05) is 0 Å². The first kappa shape index (κ1) is 29.7. The first-order valence-corrected chi connectivity index (χ1v) is 14.8. The maximum atomic E-state index is 13.8. The molecule has 0 aromatic heterocycles. The second-order valence-corrected chi connectivity index (χ2v) is 12.7. The summed E-state index contributed by atoms with van der Waals surface area (Å²) in [7, 11) is -5.49. The van der Waals surface area contributed by atoms with Gasteiger partial charge in [0.2, 0.25) is 15.9 Å². The highest BCUT2D eigenvalue weighted by molar-refractivity contribution is 7.93. The number of sulfonamides is 2. The summed E-state index contributed by atoms with van der Waals surface area (Å²) in [5.41, 5.74) is 0.236. The number of nitro groups is 1. The second-order valence-electron chi connectivity index (χ2n) is 8.36. The van der Waals surface area contributed by atoms with E-state index < -0.39 is 48.0 Å². The lowest BCUT2D eigenvalue weighted by atomic mass is 10.2. The van der Waals surface area contributed by atoms with E-state index in [0.717, 1.165) is 20.9 Å². The van der Waals surface area contributed by atoms with Crippen LogP contribution in [-0.4, -0.2) is 54.6 Å². The molecule has 0 radical (unpaired) electrons. The molecule has 0 heterocycles. The molecule has 15 heteroatoms. The minimum absolute atomic E-state index is 0.0751. The number of hydrogen-bond acceptors (Lipinski definition) is 8. The Kier molecular flexibility index (Phi) is 8.73. The highest BCUT2D eigenvalue weighted by Crippen LogP contribution is 2.36. The van der Waals surface area contributed by atoms with Gasteiger partial charge in [-0.2, -0.15) is 0 Å². The molecule has 3 rings (SSSR count). The molecule has 39 heavy (non-hydrogen) atoms. The summed E-state index contributed by atoms with van der Waals surface area (Å²) in [5.74, 6) is -0.712. The predicted molar refractivity (Wildman–Crippen MR) is 149 cm³/mol. The number of halogens is 1. The number of hydrogen-bond donors (Lipinski definition) is 1. The van der Waals surface area contributed by atoms with Crippen molar-refractivity contribution in [1.82, 2.24) is 0 Å². The van der Waals surface area contributed by atoms with E-state index in [1.165, 1.54) is 75.7 Å². The smallest absolute Gasteiger partial charge is 0.273 e. The van der Waals surface area contributed by atoms with Crippen LogP contribution in [0.1, 0.15) is 5.56 Å². The van der Waals surface area contributed by atoms with Crippen molar-refractivity contribution in [2.45, 2.75) is 11.8 Å². The lowest BCUT2D eigenvalue weighted by molar-refractivity contribution is -0.385. The van der Waals surface area contributed by atoms with Gasteiger partial charge in [-0.05, 0) is 49.4 Å². The molecule has 3 aromatic rings. The van der Waals surface area contributed by atoms with Crippen LogP contribution in [0.15, 0.2) is 65.6 Å². The molecule has 0 bridgehead atoms. The monoisotopic (exact) mass is 596 g/mol. The van der Waals surface area contributed by atoms with Crippen LogP contribution in [0.5, 0.6) is 5.75 Å². The fourth-order valence-corrected chi connectivity index (χ4v) is 5.64. The Morgan fingerprint density at radius 1 is 1.08 bits per heavy atom. The number of aryl methyl sites for hydroxylation is 1. The van der Waals surface area contributed by atoms with Crippen molar-refractivity contribution in [3.8, 4) is 5.75 Å². The van der Waals surface area contributed by atoms with Crippen molar-refractivity contribution in [2.75, 3.05) is 40.9 Å². The minimum Gasteiger partial charge on any atom is -0.495 e. The predicted octanol–water partition coefficient (Wildman–Crippen LogP) is 3.80. The van der Waals surface area contributed by atoms with Gasteiger partial charge in [0.1, 0.15) is 12.3 Å². The summed E-state index contributed by atoms with van der Waals surface area (Å²) in [4.78, 5) is 23.5. The molecular weight excluding hydrogens is 572 g/mol. The van der Waals surface area contributed by atoms with E-state index in [2.05, 4.69) is 5.32 Å². The number of rotatable bonds is 10. The summed E-state index contributed by atoms with van der Waals surface area (Å²) in [5, 5.41) is 14.2. The zero-order chi connectivity index (χ0) is 29.1. The van der Waals surface area contributed by atoms with Crippen molar-refractivity contribution >= 4 is 60.3 Å². The number of nitrogens with one attached hydrogen (secondary N) is 1. The van der Waals surface area contributed by atoms with E-state index in [4.69, 9.17) is 16.3 Å². The Bertz CT molecular complexity index is 1650. The average molecular weight is 597 g/mol. The van der Waals surface area contributed by atoms with Crippen LogP contribution in [0, 0.1) is 17.0 Å². The van der Waals surface area contributed by atoms with E-state index in [1.54, 1.807) is 0 Å². The van der Waals surface area contributed by atoms with Gasteiger partial charge in [0.25, 0.3) is 15.7 Å². The molecule has 0 aliphatic heterocycles. The third kappa shape index (κ3) is 6.77. The number of amides is 1. The second kappa shape index (κ2) is 11.5. The van der Waals surface area contributed by atoms with E-state index >= 15 is 0 Å². The quantitative estimate of drug-likeness (QED) is 0.274. The highest BCUT2D eigenvalue weighted by atomic mass is 35.5. The van der Waals surface area contributed by atoms with Gasteiger partial charge < -0.3 is 10.1 Å². The number of methoxy groups -OCH3 is 1. The molecule has 208 valence electrons. The zero-order valence-electron chi connectivity index (χ0n) is 21.3. The molecular formula is C24H25ClN4O8S2. The summed E-state index contributed by atoms with van der Waals surface area (Å²) in [6, 6.07) is 13.5. The van der Waals surface area contributed by atoms with Gasteiger partial charge >= 0.3 is 0 Å². The van der Waals surface area contributed by atoms with Crippen LogP contribution in [0.4, 0.5) is 22.7 Å². The summed E-state index contributed by atoms with van der Waals surface area (Å²) >= 11 is 6.13. The third-order valence-electron chi connectivity index (χ3n) is 5.65. The molecule has 12 nitrogen and oxygen atoms in total. The first-order valence-electron chi connectivity index (χ1n) is 11.1. The Labute approximate surface area is 231 Å². The normalized spacial score (nSPS) is 11.5. The fourth-order valence-electron chi connectivity index (χ4n) is 3.53. The van der Waals surface area contributed by atoms with Gasteiger partial charge in [-0.15, -0.1) is 0 Å². The minimum atomic E-state index is -4.56. The maximum Gasteiger partial charge on any atom is 0.273 e. The van der Waals surface area contributed by atoms with Gasteiger partial charge in [0.15, 0.2) is 0 Å². The Hall–Kier alpha value is -3.88. The lowest BCUT2D eigenvalue weighted by Gasteiger charge is -2.26. The largest absolute Gasteiger partial charge is 0.495 e. The standard InChI is InChI=1S/C24H25ClN4O8S2/c1-16-8-10-20(14-21(16)29(31)32)39(35,36)28(22-12-17(25)9-11-23(22)37-3)15-24(30)26-18-6-5-7-19(13-18)27(2)38(4,33)34/h5-14H,15H2,1-4H3,(H,26,30). The van der Waals surface area contributed by atoms with Crippen molar-refractivity contribution in [3.05, 3.63) is 81.4 Å². The summed E-state index contributed by atoms with van der Waals surface area (Å²) < 4.78 is 58.4. The van der Waals surface area contributed by atoms with Crippen LogP contribution in [0.25, 0.3) is 0 Å². The maximum absolute atomic E-state index is 13.8. The number of carbonyl (C=O) groups excluding carboxylic acids is 1. The van der Waals surface area contributed by atoms with Crippen LogP contribution >= 0.6 is 11.6 Å². The fraction of sp³-hybridized carbons (Fsp3) is 0.208. The molecule has 0 saturated carbocycles. The van der Waals surface area contributed by atoms with Crippen molar-refractivity contribution in [2.24, 2.45) is 0 Å². The SMILES string of the molecule is COc1ccc(Cl)cc1N(CC(=O)Nc1cccc(N(C)S(C)(=O)=O)c1)S(=O)(=O)c1ccc(C)c([N+](=O)[O-])c1. The number of benzene rings is 3. The highest BCUT2D eigenvalue weighted by Gasteiger charge is 2.31. The Morgan fingerprint density at radius 2 is 1.77 bits per heavy atom. The molecule has 0 fully saturated rings. The Balaban J connectivity index is 2.06. The average Bonchev–Trinajstić information content (AvgIpc) is 2.86. The van der Waals surface area contributed by atoms with Gasteiger partial charge in [-0.1, -0.05) is 23.7 Å². The zero-order valence-corrected chi connectivity index (χ0v) is 23.7. The number of nitro benzene ring substituents is 1. The van der Waals surface area contributed by atoms with E-state index in [9.17, 15) is 31.7 Å². The molecule has 3 aromatic carbocycles. The molecule has 0 atom stereocenters. The third-order valence-corrected chi connectivity index (χ3v) is 8.85. The van der Waals surface area contributed by atoms with Gasteiger partial charge in [-0.3, -0.25) is 23.5 Å². The molecule has 0 saturated heterocycles. The van der Waals surface area contributed by atoms with E-state index in [0.29, 0.717) is 0 Å². The van der Waals surface area contributed by atoms with Gasteiger partial charge in [0.05, 0.1) is 34.6 Å². The molecule has 0 unspecified atom stereocenters. The van der Waals surface area contributed by atoms with Crippen LogP contribution in [0.3, 0.4) is 0 Å². The van der Waals surface area contributed by atoms with Crippen LogP contribution < -0.4 is 18.7 Å². The summed E-state index contributed by atoms with van der Waals surface area (Å²) in [6.07, 6.45) is 1.02. The lowest BCUT2D eigenvalue weighted by Crippen LogP contribution is -2.38. The van der Waals surface area contributed by atoms with Crippen molar-refractivity contribution in [1.29, 1.82) is 0 Å². The Morgan fingerprint density at radius 3 is 2.38 bits per heavy atom. The molecule has 1 N–H and O–H groups in total. The molecule has 0 aliphatic carbocycles. The van der Waals surface area contributed by atoms with Gasteiger partial charge in [-0.25, -0.2) is 16.8 Å². The van der Waals surface area contributed by atoms with Crippen LogP contribution in [-0.2, 0) is 24.8 Å². The first-order chi connectivity index (χ1) is 18.1. The molecule has 0 spiro atoms. The van der Waals surface area contributed by atoms with Crippen molar-refractivity contribution < 1.29 is 31.3 Å². The van der Waals surface area contributed by atoms with E-state index in [-0.39, 0.29) is 33.4 Å². The molecule has 1 amide bonds. The van der Waals surface area contributed by atoms with Gasteiger partial charge in [0, 0.05) is 29.4 Å². The number of ether oxygens (including phenoxy) is 1. The van der Waals surface area contributed by atoms with Crippen molar-refractivity contribution in [3.63, 3.8) is 0 Å². The number of nitrogens with zero attached hydrogens (tertiary/aromatic N) is 3. The van der Waals surface area contributed by atoms with Crippen LogP contribution in [0.2, 0.25) is 5.02 Å². The number of carbonyl (C=O) groups is 1. The number of anilines is 3.